The van der Waals surface area contributed by atoms with Gasteiger partial charge in [-0.3, -0.25) is 4.98 Å². The predicted octanol–water partition coefficient (Wildman–Crippen LogP) is 0.605. The monoisotopic (exact) mass is 194 g/mol. The van der Waals surface area contributed by atoms with Gasteiger partial charge in [0.25, 0.3) is 0 Å². The van der Waals surface area contributed by atoms with Crippen molar-refractivity contribution in [3.05, 3.63) is 30.1 Å². The molecule has 0 saturated heterocycles. The van der Waals surface area contributed by atoms with Crippen LogP contribution in [0.15, 0.2) is 29.6 Å². The SMILES string of the molecule is CO/N=C(\C(=O)OC)c1ccccn1. The lowest BCUT2D eigenvalue weighted by molar-refractivity contribution is -0.132. The van der Waals surface area contributed by atoms with Crippen LogP contribution in [0.3, 0.4) is 0 Å². The third kappa shape index (κ3) is 2.29. The molecular weight excluding hydrogens is 184 g/mol. The van der Waals surface area contributed by atoms with E-state index in [-0.39, 0.29) is 5.71 Å². The van der Waals surface area contributed by atoms with Crippen molar-refractivity contribution in [2.45, 2.75) is 0 Å². The molecule has 0 aromatic carbocycles. The Morgan fingerprint density at radius 3 is 2.71 bits per heavy atom. The van der Waals surface area contributed by atoms with Gasteiger partial charge < -0.3 is 9.57 Å². The van der Waals surface area contributed by atoms with E-state index in [1.807, 2.05) is 0 Å². The smallest absolute Gasteiger partial charge is 0.362 e. The van der Waals surface area contributed by atoms with E-state index in [0.29, 0.717) is 5.69 Å². The number of pyridine rings is 1. The molecule has 0 radical (unpaired) electrons. The van der Waals surface area contributed by atoms with Crippen molar-refractivity contribution in [2.75, 3.05) is 14.2 Å². The minimum Gasteiger partial charge on any atom is -0.464 e. The van der Waals surface area contributed by atoms with E-state index < -0.39 is 5.97 Å². The Bertz CT molecular complexity index is 335. The van der Waals surface area contributed by atoms with E-state index >= 15 is 0 Å². The molecule has 0 N–H and O–H groups in total. The fraction of sp³-hybridized carbons (Fsp3) is 0.222. The maximum Gasteiger partial charge on any atom is 0.362 e. The fourth-order valence-electron chi connectivity index (χ4n) is 0.879. The van der Waals surface area contributed by atoms with E-state index in [2.05, 4.69) is 19.7 Å². The number of carbonyl (C=O) groups excluding carboxylic acids is 1. The third-order valence-electron chi connectivity index (χ3n) is 1.47. The molecule has 0 saturated carbocycles. The van der Waals surface area contributed by atoms with Gasteiger partial charge in [-0.25, -0.2) is 4.79 Å². The van der Waals surface area contributed by atoms with Gasteiger partial charge in [0, 0.05) is 6.20 Å². The van der Waals surface area contributed by atoms with E-state index in [4.69, 9.17) is 0 Å². The Labute approximate surface area is 81.3 Å². The Balaban J connectivity index is 3.02. The number of ether oxygens (including phenoxy) is 1. The summed E-state index contributed by atoms with van der Waals surface area (Å²) in [7, 11) is 2.63. The normalized spacial score (nSPS) is 10.9. The lowest BCUT2D eigenvalue weighted by Crippen LogP contribution is -2.18. The summed E-state index contributed by atoms with van der Waals surface area (Å²) in [5, 5.41) is 3.54. The number of methoxy groups -OCH3 is 1. The van der Waals surface area contributed by atoms with Crippen LogP contribution < -0.4 is 0 Å². The predicted molar refractivity (Wildman–Crippen MR) is 49.8 cm³/mol. The van der Waals surface area contributed by atoms with Crippen molar-refractivity contribution in [1.29, 1.82) is 0 Å². The van der Waals surface area contributed by atoms with Crippen LogP contribution >= 0.6 is 0 Å². The van der Waals surface area contributed by atoms with Crippen LogP contribution in [-0.4, -0.2) is 30.9 Å². The van der Waals surface area contributed by atoms with Crippen molar-refractivity contribution in [1.82, 2.24) is 4.98 Å². The molecule has 0 spiro atoms. The van der Waals surface area contributed by atoms with E-state index in [0.717, 1.165) is 0 Å². The number of carbonyl (C=O) groups is 1. The maximum absolute atomic E-state index is 11.2. The van der Waals surface area contributed by atoms with Gasteiger partial charge in [0.15, 0.2) is 0 Å². The first-order valence-electron chi connectivity index (χ1n) is 3.90. The summed E-state index contributed by atoms with van der Waals surface area (Å²) >= 11 is 0. The fourth-order valence-corrected chi connectivity index (χ4v) is 0.879. The summed E-state index contributed by atoms with van der Waals surface area (Å²) in [5.74, 6) is -0.578. The Morgan fingerprint density at radius 1 is 1.43 bits per heavy atom. The molecule has 1 aromatic heterocycles. The van der Waals surface area contributed by atoms with Crippen molar-refractivity contribution in [3.8, 4) is 0 Å². The average Bonchev–Trinajstić information content (AvgIpc) is 2.26. The second-order valence-electron chi connectivity index (χ2n) is 2.33. The first kappa shape index (κ1) is 10.2. The minimum atomic E-state index is -0.578. The largest absolute Gasteiger partial charge is 0.464 e. The first-order chi connectivity index (χ1) is 6.79. The van der Waals surface area contributed by atoms with Crippen molar-refractivity contribution in [2.24, 2.45) is 5.16 Å². The summed E-state index contributed by atoms with van der Waals surface area (Å²) in [6, 6.07) is 5.14. The topological polar surface area (TPSA) is 60.8 Å². The summed E-state index contributed by atoms with van der Waals surface area (Å²) in [6.45, 7) is 0. The van der Waals surface area contributed by atoms with Gasteiger partial charge in [-0.2, -0.15) is 0 Å². The van der Waals surface area contributed by atoms with Crippen LogP contribution in [0.2, 0.25) is 0 Å². The van der Waals surface area contributed by atoms with Gasteiger partial charge >= 0.3 is 5.97 Å². The molecule has 0 amide bonds. The Morgan fingerprint density at radius 2 is 2.21 bits per heavy atom. The van der Waals surface area contributed by atoms with Crippen LogP contribution in [0.1, 0.15) is 5.69 Å². The summed E-state index contributed by atoms with van der Waals surface area (Å²) < 4.78 is 4.53. The first-order valence-corrected chi connectivity index (χ1v) is 3.90. The van der Waals surface area contributed by atoms with Gasteiger partial charge in [-0.15, -0.1) is 0 Å². The molecule has 1 heterocycles. The second-order valence-corrected chi connectivity index (χ2v) is 2.33. The lowest BCUT2D eigenvalue weighted by atomic mass is 10.2. The molecule has 0 atom stereocenters. The molecule has 0 aliphatic heterocycles. The molecular formula is C9H10N2O3. The number of aromatic nitrogens is 1. The molecule has 0 unspecified atom stereocenters. The van der Waals surface area contributed by atoms with Crippen molar-refractivity contribution < 1.29 is 14.4 Å². The van der Waals surface area contributed by atoms with Crippen molar-refractivity contribution in [3.63, 3.8) is 0 Å². The van der Waals surface area contributed by atoms with Gasteiger partial charge in [-0.05, 0) is 12.1 Å². The second kappa shape index (κ2) is 4.96. The zero-order valence-corrected chi connectivity index (χ0v) is 7.93. The quantitative estimate of drug-likeness (QED) is 0.401. The maximum atomic E-state index is 11.2. The molecule has 1 aromatic rings. The highest BCUT2D eigenvalue weighted by Crippen LogP contribution is 1.99. The van der Waals surface area contributed by atoms with Crippen LogP contribution in [0.5, 0.6) is 0 Å². The Kier molecular flexibility index (Phi) is 3.60. The number of esters is 1. The highest BCUT2D eigenvalue weighted by atomic mass is 16.6. The number of nitrogens with zero attached hydrogens (tertiary/aromatic N) is 2. The van der Waals surface area contributed by atoms with Crippen LogP contribution in [0, 0.1) is 0 Å². The van der Waals surface area contributed by atoms with Gasteiger partial charge in [-0.1, -0.05) is 11.2 Å². The number of hydrogen-bond donors (Lipinski definition) is 0. The van der Waals surface area contributed by atoms with Gasteiger partial charge in [0.05, 0.1) is 12.8 Å². The zero-order chi connectivity index (χ0) is 10.4. The van der Waals surface area contributed by atoms with Crippen LogP contribution in [0.25, 0.3) is 0 Å². The number of rotatable bonds is 3. The molecule has 5 heteroatoms. The molecule has 14 heavy (non-hydrogen) atoms. The third-order valence-corrected chi connectivity index (χ3v) is 1.47. The zero-order valence-electron chi connectivity index (χ0n) is 7.93. The summed E-state index contributed by atoms with van der Waals surface area (Å²) in [5.41, 5.74) is 0.469. The standard InChI is InChI=1S/C9H10N2O3/c1-13-9(12)8(11-14-2)7-5-3-4-6-10-7/h3-6H,1-2H3/b11-8-. The van der Waals surface area contributed by atoms with E-state index in [9.17, 15) is 4.79 Å². The van der Waals surface area contributed by atoms with E-state index in [1.54, 1.807) is 24.4 Å². The minimum absolute atomic E-state index is 0.0515. The summed E-state index contributed by atoms with van der Waals surface area (Å²) in [4.78, 5) is 19.7. The van der Waals surface area contributed by atoms with Crippen LogP contribution in [-0.2, 0) is 14.4 Å². The highest BCUT2D eigenvalue weighted by molar-refractivity contribution is 6.42. The molecule has 0 aliphatic carbocycles. The lowest BCUT2D eigenvalue weighted by Gasteiger charge is -2.01. The summed E-state index contributed by atoms with van der Waals surface area (Å²) in [6.07, 6.45) is 1.56. The molecule has 74 valence electrons. The van der Waals surface area contributed by atoms with Crippen molar-refractivity contribution >= 4 is 11.7 Å². The van der Waals surface area contributed by atoms with Gasteiger partial charge in [0.1, 0.15) is 7.11 Å². The van der Waals surface area contributed by atoms with Crippen LogP contribution in [0.4, 0.5) is 0 Å². The van der Waals surface area contributed by atoms with Gasteiger partial charge in [0.2, 0.25) is 5.71 Å². The number of oxime groups is 1. The highest BCUT2D eigenvalue weighted by Gasteiger charge is 2.16. The molecule has 0 aliphatic rings. The molecule has 5 nitrogen and oxygen atoms in total. The Hall–Kier alpha value is -1.91. The average molecular weight is 194 g/mol. The van der Waals surface area contributed by atoms with E-state index in [1.165, 1.54) is 14.2 Å². The molecule has 0 fully saturated rings. The molecule has 0 bridgehead atoms. The number of hydrogen-bond acceptors (Lipinski definition) is 5. The molecule has 1 rings (SSSR count).